The molecule has 0 fully saturated rings. The molecule has 1 unspecified atom stereocenters. The summed E-state index contributed by atoms with van der Waals surface area (Å²) in [5.41, 5.74) is 8.05. The average Bonchev–Trinajstić information content (AvgIpc) is 3.35. The molecule has 0 spiro atoms. The van der Waals surface area contributed by atoms with Crippen LogP contribution < -0.4 is 10.1 Å². The van der Waals surface area contributed by atoms with E-state index in [9.17, 15) is 4.79 Å². The van der Waals surface area contributed by atoms with Crippen molar-refractivity contribution in [2.75, 3.05) is 5.32 Å². The molecule has 2 aliphatic rings. The second kappa shape index (κ2) is 6.87. The van der Waals surface area contributed by atoms with Gasteiger partial charge in [0.1, 0.15) is 5.75 Å². The third kappa shape index (κ3) is 2.94. The molecule has 1 atom stereocenters. The zero-order chi connectivity index (χ0) is 20.9. The van der Waals surface area contributed by atoms with Crippen LogP contribution in [-0.4, -0.2) is 20.7 Å². The van der Waals surface area contributed by atoms with Crippen LogP contribution in [0.2, 0.25) is 0 Å². The zero-order valence-corrected chi connectivity index (χ0v) is 17.2. The van der Waals surface area contributed by atoms with Crippen LogP contribution in [-0.2, 0) is 4.79 Å². The fourth-order valence-electron chi connectivity index (χ4n) is 4.77. The van der Waals surface area contributed by atoms with Crippen LogP contribution in [0.1, 0.15) is 42.0 Å². The van der Waals surface area contributed by atoms with Crippen molar-refractivity contribution in [2.24, 2.45) is 0 Å². The monoisotopic (exact) mass is 410 g/mol. The average molecular weight is 410 g/mol. The SMILES string of the molecule is Cc1[nH]cc2c1NC1=C(C(=O)CCC1)C2c1cccc(Oc2nc3ccccc3[nH]2)c1. The molecule has 0 saturated heterocycles. The number of aromatic nitrogens is 3. The van der Waals surface area contributed by atoms with Gasteiger partial charge in [-0.2, -0.15) is 4.98 Å². The lowest BCUT2D eigenvalue weighted by atomic mass is 9.76. The summed E-state index contributed by atoms with van der Waals surface area (Å²) in [4.78, 5) is 24.0. The van der Waals surface area contributed by atoms with Gasteiger partial charge in [0.05, 0.1) is 16.7 Å². The Morgan fingerprint density at radius 3 is 2.90 bits per heavy atom. The summed E-state index contributed by atoms with van der Waals surface area (Å²) >= 11 is 0. The van der Waals surface area contributed by atoms with Gasteiger partial charge in [-0.3, -0.25) is 4.79 Å². The number of aromatic amines is 2. The second-order valence-electron chi connectivity index (χ2n) is 8.20. The fraction of sp³-hybridized carbons (Fsp3) is 0.200. The maximum atomic E-state index is 12.9. The molecule has 0 saturated carbocycles. The van der Waals surface area contributed by atoms with Gasteiger partial charge in [0.15, 0.2) is 5.78 Å². The lowest BCUT2D eigenvalue weighted by Crippen LogP contribution is -2.26. The summed E-state index contributed by atoms with van der Waals surface area (Å²) in [5, 5.41) is 3.53. The molecule has 1 aliphatic carbocycles. The summed E-state index contributed by atoms with van der Waals surface area (Å²) < 4.78 is 6.06. The highest BCUT2D eigenvalue weighted by atomic mass is 16.5. The molecule has 4 aromatic rings. The Bertz CT molecular complexity index is 1330. The van der Waals surface area contributed by atoms with Gasteiger partial charge in [0.25, 0.3) is 6.01 Å². The number of carbonyl (C=O) groups excluding carboxylic acids is 1. The first-order valence-electron chi connectivity index (χ1n) is 10.6. The first-order valence-corrected chi connectivity index (χ1v) is 10.6. The molecule has 6 heteroatoms. The predicted octanol–water partition coefficient (Wildman–Crippen LogP) is 5.56. The van der Waals surface area contributed by atoms with E-state index in [0.29, 0.717) is 18.2 Å². The molecule has 2 aromatic heterocycles. The number of para-hydroxylation sites is 2. The fourth-order valence-corrected chi connectivity index (χ4v) is 4.77. The van der Waals surface area contributed by atoms with Crippen LogP contribution in [0.15, 0.2) is 66.0 Å². The number of Topliss-reactive ketones (excluding diaryl/α,β-unsaturated/α-hetero) is 1. The Morgan fingerprint density at radius 1 is 1.10 bits per heavy atom. The molecule has 154 valence electrons. The summed E-state index contributed by atoms with van der Waals surface area (Å²) in [7, 11) is 0. The number of allylic oxidation sites excluding steroid dienone is 2. The minimum Gasteiger partial charge on any atom is -0.426 e. The number of fused-ring (bicyclic) bond motifs is 2. The van der Waals surface area contributed by atoms with Crippen molar-refractivity contribution < 1.29 is 9.53 Å². The Kier molecular flexibility index (Phi) is 3.99. The number of ether oxygens (including phenoxy) is 1. The second-order valence-corrected chi connectivity index (χ2v) is 8.20. The van der Waals surface area contributed by atoms with Crippen LogP contribution in [0.3, 0.4) is 0 Å². The van der Waals surface area contributed by atoms with Gasteiger partial charge in [0, 0.05) is 41.1 Å². The minimum absolute atomic E-state index is 0.108. The van der Waals surface area contributed by atoms with Crippen molar-refractivity contribution in [3.8, 4) is 11.8 Å². The third-order valence-corrected chi connectivity index (χ3v) is 6.21. The van der Waals surface area contributed by atoms with E-state index in [-0.39, 0.29) is 11.7 Å². The number of benzene rings is 2. The number of ketones is 1. The van der Waals surface area contributed by atoms with Crippen LogP contribution >= 0.6 is 0 Å². The molecule has 0 bridgehead atoms. The highest BCUT2D eigenvalue weighted by molar-refractivity contribution is 6.01. The minimum atomic E-state index is -0.108. The number of anilines is 1. The molecule has 31 heavy (non-hydrogen) atoms. The van der Waals surface area contributed by atoms with Gasteiger partial charge in [-0.15, -0.1) is 0 Å². The third-order valence-electron chi connectivity index (χ3n) is 6.21. The standard InChI is InChI=1S/C25H22N4O2/c1-14-24-17(13-26-14)22(23-20(27-24)10-5-11-21(23)30)15-6-4-7-16(12-15)31-25-28-18-8-2-3-9-19(18)29-25/h2-4,6-9,12-13,22,26-27H,5,10-11H2,1H3,(H,28,29). The van der Waals surface area contributed by atoms with E-state index >= 15 is 0 Å². The van der Waals surface area contributed by atoms with Crippen molar-refractivity contribution in [3.05, 3.63) is 82.8 Å². The summed E-state index contributed by atoms with van der Waals surface area (Å²) in [6.07, 6.45) is 4.41. The van der Waals surface area contributed by atoms with Crippen molar-refractivity contribution in [2.45, 2.75) is 32.1 Å². The van der Waals surface area contributed by atoms with Crippen LogP contribution in [0.5, 0.6) is 11.8 Å². The van der Waals surface area contributed by atoms with Gasteiger partial charge < -0.3 is 20.0 Å². The highest BCUT2D eigenvalue weighted by Gasteiger charge is 2.36. The smallest absolute Gasteiger partial charge is 0.300 e. The molecule has 0 radical (unpaired) electrons. The topological polar surface area (TPSA) is 82.8 Å². The van der Waals surface area contributed by atoms with E-state index in [0.717, 1.165) is 57.7 Å². The zero-order valence-electron chi connectivity index (χ0n) is 17.2. The first-order chi connectivity index (χ1) is 15.2. The molecule has 6 rings (SSSR count). The summed E-state index contributed by atoms with van der Waals surface area (Å²) in [6.45, 7) is 2.06. The number of nitrogens with one attached hydrogen (secondary N) is 3. The van der Waals surface area contributed by atoms with Crippen LogP contribution in [0, 0.1) is 6.92 Å². The van der Waals surface area contributed by atoms with E-state index in [2.05, 4.69) is 33.3 Å². The van der Waals surface area contributed by atoms with E-state index in [1.165, 1.54) is 0 Å². The number of hydrogen-bond donors (Lipinski definition) is 3. The number of nitrogens with zero attached hydrogens (tertiary/aromatic N) is 1. The number of imidazole rings is 1. The largest absolute Gasteiger partial charge is 0.426 e. The number of rotatable bonds is 3. The number of aryl methyl sites for hydroxylation is 1. The van der Waals surface area contributed by atoms with Gasteiger partial charge in [-0.1, -0.05) is 24.3 Å². The van der Waals surface area contributed by atoms with E-state index < -0.39 is 0 Å². The number of hydrogen-bond acceptors (Lipinski definition) is 4. The van der Waals surface area contributed by atoms with Gasteiger partial charge >= 0.3 is 0 Å². The van der Waals surface area contributed by atoms with Crippen molar-refractivity contribution in [1.82, 2.24) is 15.0 Å². The van der Waals surface area contributed by atoms with Gasteiger partial charge in [-0.05, 0) is 49.6 Å². The first kappa shape index (κ1) is 18.0. The Balaban J connectivity index is 1.42. The molecular weight excluding hydrogens is 388 g/mol. The summed E-state index contributed by atoms with van der Waals surface area (Å²) in [5.74, 6) is 0.810. The molecule has 3 heterocycles. The lowest BCUT2D eigenvalue weighted by molar-refractivity contribution is -0.116. The van der Waals surface area contributed by atoms with Crippen molar-refractivity contribution in [3.63, 3.8) is 0 Å². The van der Waals surface area contributed by atoms with Gasteiger partial charge in [0.2, 0.25) is 0 Å². The van der Waals surface area contributed by atoms with Crippen molar-refractivity contribution >= 4 is 22.5 Å². The predicted molar refractivity (Wildman–Crippen MR) is 119 cm³/mol. The number of H-pyrrole nitrogens is 2. The van der Waals surface area contributed by atoms with Crippen LogP contribution in [0.25, 0.3) is 11.0 Å². The van der Waals surface area contributed by atoms with E-state index in [1.807, 2.05) is 48.7 Å². The Morgan fingerprint density at radius 2 is 2.00 bits per heavy atom. The molecule has 1 aliphatic heterocycles. The lowest BCUT2D eigenvalue weighted by Gasteiger charge is -2.32. The number of carbonyl (C=O) groups is 1. The van der Waals surface area contributed by atoms with E-state index in [4.69, 9.17) is 4.74 Å². The van der Waals surface area contributed by atoms with E-state index in [1.54, 1.807) is 0 Å². The van der Waals surface area contributed by atoms with Crippen molar-refractivity contribution in [1.29, 1.82) is 0 Å². The quantitative estimate of drug-likeness (QED) is 0.413. The maximum Gasteiger partial charge on any atom is 0.300 e. The molecule has 6 nitrogen and oxygen atoms in total. The molecule has 2 aromatic carbocycles. The molecular formula is C25H22N4O2. The highest BCUT2D eigenvalue weighted by Crippen LogP contribution is 2.46. The Labute approximate surface area is 179 Å². The molecule has 3 N–H and O–H groups in total. The Hall–Kier alpha value is -3.80. The molecule has 0 amide bonds. The van der Waals surface area contributed by atoms with Crippen LogP contribution in [0.4, 0.5) is 5.69 Å². The normalized spacial score (nSPS) is 18.0. The van der Waals surface area contributed by atoms with Gasteiger partial charge in [-0.25, -0.2) is 0 Å². The summed E-state index contributed by atoms with van der Waals surface area (Å²) in [6, 6.07) is 16.3. The maximum absolute atomic E-state index is 12.9.